The summed E-state index contributed by atoms with van der Waals surface area (Å²) in [4.78, 5) is 0. The summed E-state index contributed by atoms with van der Waals surface area (Å²) in [5, 5.41) is 2.64. The molecule has 36 heavy (non-hydrogen) atoms. The molecule has 0 atom stereocenters. The third kappa shape index (κ3) is 3.46. The van der Waals surface area contributed by atoms with Gasteiger partial charge in [0, 0.05) is 0 Å². The maximum atomic E-state index is 2.27. The first-order valence-corrected chi connectivity index (χ1v) is 12.7. The van der Waals surface area contributed by atoms with Crippen molar-refractivity contribution in [1.29, 1.82) is 0 Å². The number of fused-ring (bicyclic) bond motifs is 7. The van der Waals surface area contributed by atoms with E-state index in [2.05, 4.69) is 133 Å². The Kier molecular flexibility index (Phi) is 5.03. The van der Waals surface area contributed by atoms with Gasteiger partial charge in [0.15, 0.2) is 0 Å². The molecule has 0 nitrogen and oxygen atoms in total. The molecule has 0 unspecified atom stereocenters. The first-order valence-electron chi connectivity index (χ1n) is 12.7. The Morgan fingerprint density at radius 3 is 1.42 bits per heavy atom. The van der Waals surface area contributed by atoms with Crippen LogP contribution >= 0.6 is 0 Å². The molecule has 0 saturated heterocycles. The van der Waals surface area contributed by atoms with Crippen molar-refractivity contribution in [3.63, 3.8) is 0 Å². The van der Waals surface area contributed by atoms with Crippen LogP contribution in [0.25, 0.3) is 44.2 Å². The maximum absolute atomic E-state index is 2.27. The minimum Gasteiger partial charge on any atom is -0.0619 e. The van der Waals surface area contributed by atoms with E-state index in [1.165, 1.54) is 66.4 Å². The summed E-state index contributed by atoms with van der Waals surface area (Å²) in [5.74, 6) is 0. The van der Waals surface area contributed by atoms with E-state index in [4.69, 9.17) is 0 Å². The molecule has 0 spiro atoms. The minimum absolute atomic E-state index is 1.03. The van der Waals surface area contributed by atoms with E-state index in [1.807, 2.05) is 0 Å². The van der Waals surface area contributed by atoms with Crippen molar-refractivity contribution in [1.82, 2.24) is 0 Å². The summed E-state index contributed by atoms with van der Waals surface area (Å²) in [6.45, 7) is 0. The SMILES string of the molecule is c1ccc2c(c1)Cc1c-2cccc1-c1cccc2ccccc12.c1ccc2c(c1)Cc1ccccc1-2. The van der Waals surface area contributed by atoms with Crippen LogP contribution in [0.3, 0.4) is 0 Å². The quantitative estimate of drug-likeness (QED) is 0.230. The third-order valence-corrected chi connectivity index (χ3v) is 7.64. The van der Waals surface area contributed by atoms with Gasteiger partial charge in [-0.3, -0.25) is 0 Å². The van der Waals surface area contributed by atoms with Crippen LogP contribution in [-0.2, 0) is 12.8 Å². The summed E-state index contributed by atoms with van der Waals surface area (Å²) < 4.78 is 0. The molecule has 0 heteroatoms. The molecule has 0 N–H and O–H groups in total. The van der Waals surface area contributed by atoms with Crippen molar-refractivity contribution >= 4 is 10.8 Å². The highest BCUT2D eigenvalue weighted by Gasteiger charge is 2.21. The van der Waals surface area contributed by atoms with Gasteiger partial charge in [0.25, 0.3) is 0 Å². The van der Waals surface area contributed by atoms with Gasteiger partial charge in [0.05, 0.1) is 0 Å². The van der Waals surface area contributed by atoms with Crippen LogP contribution in [0.4, 0.5) is 0 Å². The molecule has 6 aromatic rings. The number of rotatable bonds is 1. The van der Waals surface area contributed by atoms with E-state index in [1.54, 1.807) is 0 Å². The second-order valence-electron chi connectivity index (χ2n) is 9.68. The molecule has 8 rings (SSSR count). The van der Waals surface area contributed by atoms with Crippen molar-refractivity contribution in [2.24, 2.45) is 0 Å². The molecular formula is C36H26. The summed E-state index contributed by atoms with van der Waals surface area (Å²) >= 11 is 0. The number of benzene rings is 6. The van der Waals surface area contributed by atoms with Crippen molar-refractivity contribution in [3.05, 3.63) is 156 Å². The molecular weight excluding hydrogens is 432 g/mol. The van der Waals surface area contributed by atoms with Gasteiger partial charge >= 0.3 is 0 Å². The summed E-state index contributed by atoms with van der Waals surface area (Å²) in [6.07, 6.45) is 2.14. The van der Waals surface area contributed by atoms with E-state index in [0.717, 1.165) is 12.8 Å². The fraction of sp³-hybridized carbons (Fsp3) is 0.0556. The normalized spacial score (nSPS) is 12.2. The first-order chi connectivity index (χ1) is 17.9. The zero-order valence-corrected chi connectivity index (χ0v) is 20.1. The molecule has 0 bridgehead atoms. The Hall–Kier alpha value is -4.42. The number of hydrogen-bond acceptors (Lipinski definition) is 0. The smallest absolute Gasteiger partial charge is 0.000728 e. The van der Waals surface area contributed by atoms with Crippen LogP contribution in [-0.4, -0.2) is 0 Å². The van der Waals surface area contributed by atoms with Crippen LogP contribution < -0.4 is 0 Å². The minimum atomic E-state index is 1.03. The Labute approximate surface area is 212 Å². The van der Waals surface area contributed by atoms with E-state index < -0.39 is 0 Å². The molecule has 0 radical (unpaired) electrons. The molecule has 2 aliphatic rings. The predicted molar refractivity (Wildman–Crippen MR) is 152 cm³/mol. The molecule has 0 heterocycles. The van der Waals surface area contributed by atoms with E-state index in [0.29, 0.717) is 0 Å². The van der Waals surface area contributed by atoms with Crippen molar-refractivity contribution in [3.8, 4) is 33.4 Å². The average Bonchev–Trinajstić information content (AvgIpc) is 3.52. The monoisotopic (exact) mass is 458 g/mol. The molecule has 0 aromatic heterocycles. The highest BCUT2D eigenvalue weighted by atomic mass is 14.2. The van der Waals surface area contributed by atoms with Gasteiger partial charge in [-0.1, -0.05) is 133 Å². The number of hydrogen-bond donors (Lipinski definition) is 0. The van der Waals surface area contributed by atoms with Gasteiger partial charge in [-0.25, -0.2) is 0 Å². The van der Waals surface area contributed by atoms with Crippen LogP contribution in [0.5, 0.6) is 0 Å². The summed E-state index contributed by atoms with van der Waals surface area (Å²) in [5.41, 5.74) is 14.2. The summed E-state index contributed by atoms with van der Waals surface area (Å²) in [7, 11) is 0. The first kappa shape index (κ1) is 20.9. The molecule has 0 saturated carbocycles. The average molecular weight is 459 g/mol. The van der Waals surface area contributed by atoms with Crippen LogP contribution in [0.2, 0.25) is 0 Å². The second-order valence-corrected chi connectivity index (χ2v) is 9.68. The van der Waals surface area contributed by atoms with Crippen LogP contribution in [0.1, 0.15) is 22.3 Å². The fourth-order valence-electron chi connectivity index (χ4n) is 5.95. The topological polar surface area (TPSA) is 0 Å². The maximum Gasteiger partial charge on any atom is -0.000728 e. The van der Waals surface area contributed by atoms with E-state index in [9.17, 15) is 0 Å². The van der Waals surface area contributed by atoms with Gasteiger partial charge in [0.1, 0.15) is 0 Å². The lowest BCUT2D eigenvalue weighted by molar-refractivity contribution is 1.26. The zero-order chi connectivity index (χ0) is 23.9. The predicted octanol–water partition coefficient (Wildman–Crippen LogP) is 9.34. The third-order valence-electron chi connectivity index (χ3n) is 7.64. The van der Waals surface area contributed by atoms with Gasteiger partial charge < -0.3 is 0 Å². The molecule has 2 aliphatic carbocycles. The van der Waals surface area contributed by atoms with Gasteiger partial charge in [0.2, 0.25) is 0 Å². The molecule has 0 fully saturated rings. The fourth-order valence-corrected chi connectivity index (χ4v) is 5.95. The lowest BCUT2D eigenvalue weighted by Crippen LogP contribution is -1.89. The second kappa shape index (κ2) is 8.66. The molecule has 0 amide bonds. The van der Waals surface area contributed by atoms with Crippen molar-refractivity contribution in [2.45, 2.75) is 12.8 Å². The standard InChI is InChI=1S/C23H16.C13H10/c1-3-10-18-16(7-1)9-5-12-20(18)22-14-6-13-21-19-11-4-2-8-17(19)15-23(21)22;1-3-7-12-10(5-1)9-11-6-2-4-8-13(11)12/h1-14H,15H2;1-8H,9H2. The Morgan fingerprint density at radius 1 is 0.306 bits per heavy atom. The van der Waals surface area contributed by atoms with Crippen LogP contribution in [0, 0.1) is 0 Å². The Balaban J connectivity index is 0.000000143. The highest BCUT2D eigenvalue weighted by molar-refractivity contribution is 5.99. The van der Waals surface area contributed by atoms with Gasteiger partial charge in [-0.05, 0) is 79.2 Å². The van der Waals surface area contributed by atoms with E-state index >= 15 is 0 Å². The Bertz CT molecular complexity index is 1690. The van der Waals surface area contributed by atoms with Crippen LogP contribution in [0.15, 0.2) is 133 Å². The van der Waals surface area contributed by atoms with E-state index in [-0.39, 0.29) is 0 Å². The van der Waals surface area contributed by atoms with Crippen molar-refractivity contribution in [2.75, 3.05) is 0 Å². The molecule has 0 aliphatic heterocycles. The van der Waals surface area contributed by atoms with Gasteiger partial charge in [-0.2, -0.15) is 0 Å². The zero-order valence-electron chi connectivity index (χ0n) is 20.1. The Morgan fingerprint density at radius 2 is 0.722 bits per heavy atom. The molecule has 170 valence electrons. The molecule has 6 aromatic carbocycles. The lowest BCUT2D eigenvalue weighted by Gasteiger charge is -2.12. The highest BCUT2D eigenvalue weighted by Crippen LogP contribution is 2.42. The largest absolute Gasteiger partial charge is 0.0619 e. The lowest BCUT2D eigenvalue weighted by atomic mass is 9.92. The summed E-state index contributed by atoms with van der Waals surface area (Å²) in [6, 6.07) is 48.1. The van der Waals surface area contributed by atoms with Crippen molar-refractivity contribution < 1.29 is 0 Å². The van der Waals surface area contributed by atoms with Gasteiger partial charge in [-0.15, -0.1) is 0 Å².